The fourth-order valence-electron chi connectivity index (χ4n) is 3.30. The molecule has 0 fully saturated rings. The summed E-state index contributed by atoms with van der Waals surface area (Å²) in [5, 5.41) is 11.8. The third-order valence-corrected chi connectivity index (χ3v) is 5.75. The van der Waals surface area contributed by atoms with Crippen molar-refractivity contribution in [2.75, 3.05) is 6.61 Å². The molecule has 0 saturated heterocycles. The van der Waals surface area contributed by atoms with Crippen molar-refractivity contribution in [3.8, 4) is 5.75 Å². The molecule has 1 heterocycles. The highest BCUT2D eigenvalue weighted by atomic mass is 35.5. The standard InChI is InChI=1S/C21H21Cl2NO3/c1-11-9-14(10-12(2)18(11)23)27-8-4-5-15-16-6-7-17(22)13(3)19(16)24-20(15)21(25)26/h6-7,9-10,24H,4-5,8H2,1-3H3,(H,25,26). The summed E-state index contributed by atoms with van der Waals surface area (Å²) in [6.07, 6.45) is 1.28. The molecule has 4 nitrogen and oxygen atoms in total. The van der Waals surface area contributed by atoms with Crippen LogP contribution in [0.4, 0.5) is 0 Å². The fraction of sp³-hybridized carbons (Fsp3) is 0.286. The average Bonchev–Trinajstić information content (AvgIpc) is 2.99. The van der Waals surface area contributed by atoms with Crippen LogP contribution in [0, 0.1) is 20.8 Å². The minimum Gasteiger partial charge on any atom is -0.494 e. The molecule has 6 heteroatoms. The lowest BCUT2D eigenvalue weighted by Crippen LogP contribution is -2.04. The number of carbonyl (C=O) groups is 1. The van der Waals surface area contributed by atoms with Crippen molar-refractivity contribution < 1.29 is 14.6 Å². The molecule has 3 aromatic rings. The van der Waals surface area contributed by atoms with Crippen molar-refractivity contribution in [2.24, 2.45) is 0 Å². The summed E-state index contributed by atoms with van der Waals surface area (Å²) < 4.78 is 5.84. The molecule has 0 aliphatic carbocycles. The van der Waals surface area contributed by atoms with Gasteiger partial charge in [0.1, 0.15) is 11.4 Å². The van der Waals surface area contributed by atoms with Crippen molar-refractivity contribution in [3.05, 3.63) is 62.3 Å². The summed E-state index contributed by atoms with van der Waals surface area (Å²) in [5.74, 6) is -0.198. The Hall–Kier alpha value is -2.17. The van der Waals surface area contributed by atoms with Gasteiger partial charge in [-0.05, 0) is 74.1 Å². The van der Waals surface area contributed by atoms with E-state index in [0.717, 1.165) is 43.9 Å². The monoisotopic (exact) mass is 405 g/mol. The molecule has 27 heavy (non-hydrogen) atoms. The van der Waals surface area contributed by atoms with Crippen LogP contribution in [-0.4, -0.2) is 22.7 Å². The molecule has 0 amide bonds. The molecule has 0 spiro atoms. The molecule has 0 saturated carbocycles. The van der Waals surface area contributed by atoms with Gasteiger partial charge in [0.25, 0.3) is 0 Å². The molecule has 0 aliphatic rings. The second kappa shape index (κ2) is 7.83. The number of H-pyrrole nitrogens is 1. The number of aromatic carboxylic acids is 1. The molecule has 0 bridgehead atoms. The third kappa shape index (κ3) is 3.92. The molecule has 1 aromatic heterocycles. The Kier molecular flexibility index (Phi) is 5.68. The van der Waals surface area contributed by atoms with Gasteiger partial charge in [-0.15, -0.1) is 0 Å². The Labute approximate surface area is 168 Å². The Bertz CT molecular complexity index is 1000. The highest BCUT2D eigenvalue weighted by molar-refractivity contribution is 6.32. The number of aromatic amines is 1. The van der Waals surface area contributed by atoms with Crippen LogP contribution in [0.3, 0.4) is 0 Å². The molecular formula is C21H21Cl2NO3. The maximum Gasteiger partial charge on any atom is 0.352 e. The molecule has 2 aromatic carbocycles. The second-order valence-electron chi connectivity index (χ2n) is 6.70. The average molecular weight is 406 g/mol. The number of benzene rings is 2. The zero-order valence-corrected chi connectivity index (χ0v) is 17.0. The zero-order valence-electron chi connectivity index (χ0n) is 15.5. The minimum atomic E-state index is -0.971. The van der Waals surface area contributed by atoms with Crippen LogP contribution in [0.1, 0.15) is 39.2 Å². The first-order valence-electron chi connectivity index (χ1n) is 8.72. The summed E-state index contributed by atoms with van der Waals surface area (Å²) in [6.45, 7) is 6.26. The van der Waals surface area contributed by atoms with E-state index >= 15 is 0 Å². The molecule has 0 unspecified atom stereocenters. The summed E-state index contributed by atoms with van der Waals surface area (Å²) in [4.78, 5) is 14.7. The van der Waals surface area contributed by atoms with Gasteiger partial charge < -0.3 is 14.8 Å². The van der Waals surface area contributed by atoms with Crippen molar-refractivity contribution in [3.63, 3.8) is 0 Å². The van der Waals surface area contributed by atoms with Crippen molar-refractivity contribution >= 4 is 40.1 Å². The number of aryl methyl sites for hydroxylation is 4. The van der Waals surface area contributed by atoms with Crippen LogP contribution < -0.4 is 4.74 Å². The number of halogens is 2. The van der Waals surface area contributed by atoms with Crippen molar-refractivity contribution in [1.29, 1.82) is 0 Å². The summed E-state index contributed by atoms with van der Waals surface area (Å²) in [5.41, 5.74) is 4.58. The number of carboxylic acids is 1. The van der Waals surface area contributed by atoms with Gasteiger partial charge in [0, 0.05) is 15.4 Å². The Morgan fingerprint density at radius 3 is 2.44 bits per heavy atom. The topological polar surface area (TPSA) is 62.3 Å². The van der Waals surface area contributed by atoms with Crippen LogP contribution in [-0.2, 0) is 6.42 Å². The molecule has 2 N–H and O–H groups in total. The van der Waals surface area contributed by atoms with Crippen molar-refractivity contribution in [1.82, 2.24) is 4.98 Å². The van der Waals surface area contributed by atoms with Gasteiger partial charge in [-0.1, -0.05) is 29.3 Å². The Morgan fingerprint density at radius 1 is 1.15 bits per heavy atom. The van der Waals surface area contributed by atoms with Crippen LogP contribution in [0.2, 0.25) is 10.0 Å². The lowest BCUT2D eigenvalue weighted by atomic mass is 10.0. The highest BCUT2D eigenvalue weighted by Gasteiger charge is 2.18. The summed E-state index contributed by atoms with van der Waals surface area (Å²) >= 11 is 12.3. The number of hydrogen-bond acceptors (Lipinski definition) is 2. The molecule has 142 valence electrons. The van der Waals surface area contributed by atoms with Gasteiger partial charge in [-0.3, -0.25) is 0 Å². The zero-order chi connectivity index (χ0) is 19.7. The van der Waals surface area contributed by atoms with E-state index in [0.29, 0.717) is 24.5 Å². The molecular weight excluding hydrogens is 385 g/mol. The van der Waals surface area contributed by atoms with E-state index in [4.69, 9.17) is 27.9 Å². The smallest absolute Gasteiger partial charge is 0.352 e. The lowest BCUT2D eigenvalue weighted by Gasteiger charge is -2.10. The van der Waals surface area contributed by atoms with E-state index in [2.05, 4.69) is 4.98 Å². The van der Waals surface area contributed by atoms with Gasteiger partial charge in [0.2, 0.25) is 0 Å². The van der Waals surface area contributed by atoms with Gasteiger partial charge in [0.15, 0.2) is 0 Å². The molecule has 0 aliphatic heterocycles. The largest absolute Gasteiger partial charge is 0.494 e. The maximum atomic E-state index is 11.6. The van der Waals surface area contributed by atoms with E-state index in [1.165, 1.54) is 0 Å². The van der Waals surface area contributed by atoms with E-state index in [1.54, 1.807) is 6.07 Å². The maximum absolute atomic E-state index is 11.6. The minimum absolute atomic E-state index is 0.216. The van der Waals surface area contributed by atoms with E-state index in [-0.39, 0.29) is 5.69 Å². The quantitative estimate of drug-likeness (QED) is 0.486. The van der Waals surface area contributed by atoms with Gasteiger partial charge in [-0.2, -0.15) is 0 Å². The fourth-order valence-corrected chi connectivity index (χ4v) is 3.57. The molecule has 0 radical (unpaired) electrons. The van der Waals surface area contributed by atoms with E-state index in [9.17, 15) is 9.90 Å². The van der Waals surface area contributed by atoms with Crippen LogP contribution in [0.25, 0.3) is 10.9 Å². The lowest BCUT2D eigenvalue weighted by molar-refractivity contribution is 0.0690. The predicted octanol–water partition coefficient (Wildman–Crippen LogP) is 6.11. The first-order chi connectivity index (χ1) is 12.8. The number of fused-ring (bicyclic) bond motifs is 1. The van der Waals surface area contributed by atoms with Crippen molar-refractivity contribution in [2.45, 2.75) is 33.6 Å². The van der Waals surface area contributed by atoms with Crippen LogP contribution >= 0.6 is 23.2 Å². The van der Waals surface area contributed by atoms with E-state index < -0.39 is 5.97 Å². The number of rotatable bonds is 6. The summed E-state index contributed by atoms with van der Waals surface area (Å²) in [7, 11) is 0. The Morgan fingerprint density at radius 2 is 1.81 bits per heavy atom. The SMILES string of the molecule is Cc1cc(OCCCc2c(C(=O)O)[nH]c3c(C)c(Cl)ccc23)cc(C)c1Cl. The predicted molar refractivity (Wildman–Crippen MR) is 110 cm³/mol. The number of carboxylic acid groups (broad SMARTS) is 1. The van der Waals surface area contributed by atoms with Gasteiger partial charge >= 0.3 is 5.97 Å². The number of ether oxygens (including phenoxy) is 1. The molecule has 3 rings (SSSR count). The summed E-state index contributed by atoms with van der Waals surface area (Å²) in [6, 6.07) is 7.50. The second-order valence-corrected chi connectivity index (χ2v) is 7.49. The number of hydrogen-bond donors (Lipinski definition) is 2. The first kappa shape index (κ1) is 19.6. The first-order valence-corrected chi connectivity index (χ1v) is 9.47. The van der Waals surface area contributed by atoms with Gasteiger partial charge in [-0.25, -0.2) is 4.79 Å². The third-order valence-electron chi connectivity index (χ3n) is 4.74. The van der Waals surface area contributed by atoms with Crippen LogP contribution in [0.15, 0.2) is 24.3 Å². The molecule has 0 atom stereocenters. The van der Waals surface area contributed by atoms with Gasteiger partial charge in [0.05, 0.1) is 12.1 Å². The normalized spacial score (nSPS) is 11.1. The number of nitrogens with one attached hydrogen (secondary N) is 1. The highest BCUT2D eigenvalue weighted by Crippen LogP contribution is 2.31. The van der Waals surface area contributed by atoms with E-state index in [1.807, 2.05) is 39.0 Å². The Balaban J connectivity index is 1.76. The van der Waals surface area contributed by atoms with Crippen LogP contribution in [0.5, 0.6) is 5.75 Å². The number of aromatic nitrogens is 1.